The number of rotatable bonds is 1. The zero-order valence-electron chi connectivity index (χ0n) is 9.86. The molecule has 0 aliphatic carbocycles. The number of fused-ring (bicyclic) bond motifs is 1. The number of amides is 1. The average Bonchev–Trinajstić information content (AvgIpc) is 2.42. The SMILES string of the molecule is COc1ccc2c(c1)N(C)CCN(C)C2=O. The summed E-state index contributed by atoms with van der Waals surface area (Å²) in [4.78, 5) is 15.9. The molecule has 2 rings (SSSR count). The van der Waals surface area contributed by atoms with Gasteiger partial charge >= 0.3 is 0 Å². The number of anilines is 1. The largest absolute Gasteiger partial charge is 0.497 e. The standard InChI is InChI=1S/C12H16N2O2/c1-13-6-7-14(2)12(15)10-5-4-9(16-3)8-11(10)13/h4-5,8H,6-7H2,1-3H3. The molecule has 0 radical (unpaired) electrons. The number of carbonyl (C=O) groups excluding carboxylic acids is 1. The predicted octanol–water partition coefficient (Wildman–Crippen LogP) is 1.22. The number of hydrogen-bond acceptors (Lipinski definition) is 3. The van der Waals surface area contributed by atoms with E-state index in [2.05, 4.69) is 4.90 Å². The van der Waals surface area contributed by atoms with Crippen LogP contribution in [0.5, 0.6) is 5.75 Å². The lowest BCUT2D eigenvalue weighted by Crippen LogP contribution is -2.29. The molecule has 0 bridgehead atoms. The summed E-state index contributed by atoms with van der Waals surface area (Å²) in [6, 6.07) is 5.56. The summed E-state index contributed by atoms with van der Waals surface area (Å²) in [5.41, 5.74) is 1.68. The molecule has 86 valence electrons. The molecule has 0 unspecified atom stereocenters. The van der Waals surface area contributed by atoms with E-state index in [1.807, 2.05) is 32.3 Å². The van der Waals surface area contributed by atoms with Crippen molar-refractivity contribution in [1.82, 2.24) is 4.90 Å². The van der Waals surface area contributed by atoms with E-state index in [1.54, 1.807) is 12.0 Å². The van der Waals surface area contributed by atoms with Gasteiger partial charge in [0.2, 0.25) is 0 Å². The molecule has 4 heteroatoms. The molecule has 1 amide bonds. The molecule has 0 atom stereocenters. The number of ether oxygens (including phenoxy) is 1. The van der Waals surface area contributed by atoms with Gasteiger partial charge in [0, 0.05) is 33.3 Å². The third-order valence-electron chi connectivity index (χ3n) is 2.96. The van der Waals surface area contributed by atoms with E-state index in [-0.39, 0.29) is 5.91 Å². The minimum Gasteiger partial charge on any atom is -0.497 e. The summed E-state index contributed by atoms with van der Waals surface area (Å²) in [6.45, 7) is 1.58. The van der Waals surface area contributed by atoms with Gasteiger partial charge in [0.25, 0.3) is 5.91 Å². The van der Waals surface area contributed by atoms with Crippen molar-refractivity contribution in [2.24, 2.45) is 0 Å². The lowest BCUT2D eigenvalue weighted by Gasteiger charge is -2.18. The molecule has 0 spiro atoms. The van der Waals surface area contributed by atoms with Gasteiger partial charge < -0.3 is 14.5 Å². The highest BCUT2D eigenvalue weighted by molar-refractivity contribution is 6.00. The van der Waals surface area contributed by atoms with E-state index in [0.29, 0.717) is 0 Å². The van der Waals surface area contributed by atoms with Crippen molar-refractivity contribution in [3.63, 3.8) is 0 Å². The maximum atomic E-state index is 12.0. The maximum Gasteiger partial charge on any atom is 0.255 e. The molecule has 0 fully saturated rings. The van der Waals surface area contributed by atoms with E-state index < -0.39 is 0 Å². The van der Waals surface area contributed by atoms with Gasteiger partial charge in [-0.2, -0.15) is 0 Å². The molecular weight excluding hydrogens is 204 g/mol. The lowest BCUT2D eigenvalue weighted by atomic mass is 10.1. The normalized spacial score (nSPS) is 15.8. The maximum absolute atomic E-state index is 12.0. The van der Waals surface area contributed by atoms with Crippen LogP contribution in [0.1, 0.15) is 10.4 Å². The lowest BCUT2D eigenvalue weighted by molar-refractivity contribution is 0.0805. The molecule has 0 aromatic heterocycles. The topological polar surface area (TPSA) is 32.8 Å². The summed E-state index contributed by atoms with van der Waals surface area (Å²) in [5, 5.41) is 0. The molecule has 0 saturated heterocycles. The Balaban J connectivity index is 2.51. The predicted molar refractivity (Wildman–Crippen MR) is 63.2 cm³/mol. The van der Waals surface area contributed by atoms with Crippen LogP contribution in [0.15, 0.2) is 18.2 Å². The first-order valence-corrected chi connectivity index (χ1v) is 5.28. The molecule has 1 aliphatic heterocycles. The highest BCUT2D eigenvalue weighted by Crippen LogP contribution is 2.27. The van der Waals surface area contributed by atoms with Gasteiger partial charge in [-0.25, -0.2) is 0 Å². The van der Waals surface area contributed by atoms with Crippen LogP contribution in [0.25, 0.3) is 0 Å². The highest BCUT2D eigenvalue weighted by Gasteiger charge is 2.22. The zero-order chi connectivity index (χ0) is 11.7. The Morgan fingerprint density at radius 3 is 2.56 bits per heavy atom. The fourth-order valence-electron chi connectivity index (χ4n) is 1.86. The molecule has 4 nitrogen and oxygen atoms in total. The van der Waals surface area contributed by atoms with Crippen molar-refractivity contribution in [2.75, 3.05) is 39.2 Å². The van der Waals surface area contributed by atoms with Gasteiger partial charge in [-0.3, -0.25) is 4.79 Å². The molecule has 1 aliphatic rings. The number of likely N-dealkylation sites (N-methyl/N-ethyl adjacent to an activating group) is 2. The molecule has 1 aromatic rings. The van der Waals surface area contributed by atoms with Crippen LogP contribution in [-0.2, 0) is 0 Å². The van der Waals surface area contributed by atoms with E-state index in [1.165, 1.54) is 0 Å². The second kappa shape index (κ2) is 4.04. The molecule has 0 saturated carbocycles. The Hall–Kier alpha value is -1.71. The van der Waals surface area contributed by atoms with Crippen molar-refractivity contribution < 1.29 is 9.53 Å². The van der Waals surface area contributed by atoms with E-state index in [0.717, 1.165) is 30.1 Å². The van der Waals surface area contributed by atoms with Gasteiger partial charge in [-0.1, -0.05) is 0 Å². The minimum absolute atomic E-state index is 0.0713. The Labute approximate surface area is 95.4 Å². The molecule has 1 aromatic carbocycles. The van der Waals surface area contributed by atoms with Gasteiger partial charge in [0.05, 0.1) is 18.4 Å². The van der Waals surface area contributed by atoms with Gasteiger partial charge in [-0.05, 0) is 12.1 Å². The third-order valence-corrected chi connectivity index (χ3v) is 2.96. The van der Waals surface area contributed by atoms with E-state index in [9.17, 15) is 4.79 Å². The van der Waals surface area contributed by atoms with Crippen LogP contribution in [0.3, 0.4) is 0 Å². The van der Waals surface area contributed by atoms with Crippen molar-refractivity contribution in [2.45, 2.75) is 0 Å². The third kappa shape index (κ3) is 1.71. The Bertz CT molecular complexity index is 417. The van der Waals surface area contributed by atoms with Gasteiger partial charge in [0.1, 0.15) is 5.75 Å². The average molecular weight is 220 g/mol. The minimum atomic E-state index is 0.0713. The molecule has 0 N–H and O–H groups in total. The van der Waals surface area contributed by atoms with Crippen LogP contribution in [0.4, 0.5) is 5.69 Å². The Morgan fingerprint density at radius 1 is 1.19 bits per heavy atom. The van der Waals surface area contributed by atoms with Crippen LogP contribution in [0, 0.1) is 0 Å². The highest BCUT2D eigenvalue weighted by atomic mass is 16.5. The van der Waals surface area contributed by atoms with Crippen LogP contribution in [-0.4, -0.2) is 45.1 Å². The van der Waals surface area contributed by atoms with E-state index >= 15 is 0 Å². The number of methoxy groups -OCH3 is 1. The van der Waals surface area contributed by atoms with Gasteiger partial charge in [-0.15, -0.1) is 0 Å². The Morgan fingerprint density at radius 2 is 1.88 bits per heavy atom. The van der Waals surface area contributed by atoms with E-state index in [4.69, 9.17) is 4.74 Å². The summed E-state index contributed by atoms with van der Waals surface area (Å²) < 4.78 is 5.18. The fraction of sp³-hybridized carbons (Fsp3) is 0.417. The number of hydrogen-bond donors (Lipinski definition) is 0. The van der Waals surface area contributed by atoms with Crippen molar-refractivity contribution in [1.29, 1.82) is 0 Å². The number of benzene rings is 1. The van der Waals surface area contributed by atoms with Crippen molar-refractivity contribution >= 4 is 11.6 Å². The summed E-state index contributed by atoms with van der Waals surface area (Å²) in [5.74, 6) is 0.852. The second-order valence-electron chi connectivity index (χ2n) is 4.03. The molecular formula is C12H16N2O2. The number of nitrogens with zero attached hydrogens (tertiary/aromatic N) is 2. The second-order valence-corrected chi connectivity index (χ2v) is 4.03. The van der Waals surface area contributed by atoms with Crippen molar-refractivity contribution in [3.05, 3.63) is 23.8 Å². The van der Waals surface area contributed by atoms with Gasteiger partial charge in [0.15, 0.2) is 0 Å². The summed E-state index contributed by atoms with van der Waals surface area (Å²) in [6.07, 6.45) is 0. The fourth-order valence-corrected chi connectivity index (χ4v) is 1.86. The van der Waals surface area contributed by atoms with Crippen molar-refractivity contribution in [3.8, 4) is 5.75 Å². The van der Waals surface area contributed by atoms with Crippen LogP contribution in [0.2, 0.25) is 0 Å². The molecule has 1 heterocycles. The van der Waals surface area contributed by atoms with Crippen LogP contribution >= 0.6 is 0 Å². The first-order chi connectivity index (χ1) is 7.63. The monoisotopic (exact) mass is 220 g/mol. The summed E-state index contributed by atoms with van der Waals surface area (Å²) >= 11 is 0. The van der Waals surface area contributed by atoms with Crippen LogP contribution < -0.4 is 9.64 Å². The smallest absolute Gasteiger partial charge is 0.255 e. The summed E-state index contributed by atoms with van der Waals surface area (Å²) in [7, 11) is 5.45. The zero-order valence-corrected chi connectivity index (χ0v) is 9.86. The quantitative estimate of drug-likeness (QED) is 0.713. The molecule has 16 heavy (non-hydrogen) atoms. The Kier molecular flexibility index (Phi) is 2.73. The first-order valence-electron chi connectivity index (χ1n) is 5.28. The first kappa shape index (κ1) is 10.8. The number of carbonyl (C=O) groups is 1.